The summed E-state index contributed by atoms with van der Waals surface area (Å²) in [4.78, 5) is 0. The number of aliphatic hydroxyl groups is 1. The van der Waals surface area contributed by atoms with Crippen LogP contribution < -0.4 is 5.32 Å². The van der Waals surface area contributed by atoms with Crippen molar-refractivity contribution in [2.45, 2.75) is 19.4 Å². The van der Waals surface area contributed by atoms with Gasteiger partial charge in [0.2, 0.25) is 0 Å². The molecule has 1 aromatic rings. The molecule has 14 heavy (non-hydrogen) atoms. The van der Waals surface area contributed by atoms with Crippen molar-refractivity contribution in [3.8, 4) is 0 Å². The normalized spacial score (nSPS) is 11.5. The first-order valence-electron chi connectivity index (χ1n) is 4.30. The van der Waals surface area contributed by atoms with Gasteiger partial charge in [-0.15, -0.1) is 0 Å². The number of hydrogen-bond donors (Lipinski definition) is 2. The first kappa shape index (κ1) is 11.5. The van der Waals surface area contributed by atoms with Gasteiger partial charge in [0, 0.05) is 11.0 Å². The molecule has 0 aromatic heterocycles. The summed E-state index contributed by atoms with van der Waals surface area (Å²) in [6.45, 7) is 3.64. The van der Waals surface area contributed by atoms with E-state index in [4.69, 9.17) is 0 Å². The van der Waals surface area contributed by atoms with E-state index >= 15 is 0 Å². The molecule has 0 amide bonds. The predicted octanol–water partition coefficient (Wildman–Crippen LogP) is 2.77. The van der Waals surface area contributed by atoms with Crippen LogP contribution in [0.25, 0.3) is 0 Å². The monoisotopic (exact) mass is 261 g/mol. The third-order valence-corrected chi connectivity index (χ3v) is 2.14. The smallest absolute Gasteiger partial charge is 0.147 e. The number of benzene rings is 1. The third kappa shape index (κ3) is 3.64. The van der Waals surface area contributed by atoms with Gasteiger partial charge >= 0.3 is 0 Å². The van der Waals surface area contributed by atoms with Crippen LogP contribution in [0.5, 0.6) is 0 Å². The molecular weight excluding hydrogens is 249 g/mol. The topological polar surface area (TPSA) is 32.3 Å². The van der Waals surface area contributed by atoms with Gasteiger partial charge in [0.05, 0.1) is 11.3 Å². The highest BCUT2D eigenvalue weighted by molar-refractivity contribution is 9.10. The molecule has 0 radical (unpaired) electrons. The fraction of sp³-hybridized carbons (Fsp3) is 0.400. The average Bonchev–Trinajstić information content (AvgIpc) is 2.00. The van der Waals surface area contributed by atoms with E-state index in [0.717, 1.165) is 0 Å². The van der Waals surface area contributed by atoms with Gasteiger partial charge in [0.15, 0.2) is 0 Å². The minimum atomic E-state index is -0.848. The van der Waals surface area contributed by atoms with Gasteiger partial charge in [-0.2, -0.15) is 0 Å². The van der Waals surface area contributed by atoms with Crippen molar-refractivity contribution in [1.29, 1.82) is 0 Å². The zero-order valence-corrected chi connectivity index (χ0v) is 9.73. The van der Waals surface area contributed by atoms with E-state index < -0.39 is 5.60 Å². The molecule has 1 aromatic carbocycles. The number of nitrogens with one attached hydrogen (secondary N) is 1. The highest BCUT2D eigenvalue weighted by Crippen LogP contribution is 2.19. The summed E-state index contributed by atoms with van der Waals surface area (Å²) < 4.78 is 13.9. The standard InChI is InChI=1S/C10H13BrFNO/c1-10(2,14)6-13-9-4-3-7(11)5-8(9)12/h3-5,13-14H,6H2,1-2H3. The molecular formula is C10H13BrFNO. The second kappa shape index (κ2) is 4.28. The van der Waals surface area contributed by atoms with E-state index in [9.17, 15) is 9.50 Å². The molecule has 0 saturated heterocycles. The van der Waals surface area contributed by atoms with Gasteiger partial charge in [0.1, 0.15) is 5.82 Å². The summed E-state index contributed by atoms with van der Waals surface area (Å²) >= 11 is 3.17. The van der Waals surface area contributed by atoms with Gasteiger partial charge < -0.3 is 10.4 Å². The number of anilines is 1. The van der Waals surface area contributed by atoms with Crippen LogP contribution in [-0.2, 0) is 0 Å². The lowest BCUT2D eigenvalue weighted by molar-refractivity contribution is 0.0944. The van der Waals surface area contributed by atoms with Gasteiger partial charge in [-0.1, -0.05) is 15.9 Å². The average molecular weight is 262 g/mol. The number of halogens is 2. The molecule has 0 bridgehead atoms. The second-order valence-corrected chi connectivity index (χ2v) is 4.71. The Labute approximate surface area is 91.3 Å². The Hall–Kier alpha value is -0.610. The Morgan fingerprint density at radius 2 is 2.14 bits per heavy atom. The van der Waals surface area contributed by atoms with Crippen LogP contribution in [0.2, 0.25) is 0 Å². The summed E-state index contributed by atoms with van der Waals surface area (Å²) in [5, 5.41) is 12.3. The Morgan fingerprint density at radius 3 is 2.64 bits per heavy atom. The summed E-state index contributed by atoms with van der Waals surface area (Å²) in [5.74, 6) is -0.330. The fourth-order valence-electron chi connectivity index (χ4n) is 0.944. The summed E-state index contributed by atoms with van der Waals surface area (Å²) in [7, 11) is 0. The molecule has 0 fully saturated rings. The summed E-state index contributed by atoms with van der Waals surface area (Å²) in [6, 6.07) is 4.76. The van der Waals surface area contributed by atoms with Crippen LogP contribution in [0.3, 0.4) is 0 Å². The van der Waals surface area contributed by atoms with Crippen LogP contribution >= 0.6 is 15.9 Å². The van der Waals surface area contributed by atoms with E-state index in [1.807, 2.05) is 0 Å². The number of hydrogen-bond acceptors (Lipinski definition) is 2. The molecule has 0 atom stereocenters. The predicted molar refractivity (Wildman–Crippen MR) is 58.9 cm³/mol. The van der Waals surface area contributed by atoms with Crippen molar-refractivity contribution in [2.75, 3.05) is 11.9 Å². The fourth-order valence-corrected chi connectivity index (χ4v) is 1.28. The molecule has 0 heterocycles. The Kier molecular flexibility index (Phi) is 3.50. The minimum absolute atomic E-state index is 0.311. The Balaban J connectivity index is 2.68. The van der Waals surface area contributed by atoms with E-state index in [0.29, 0.717) is 16.7 Å². The van der Waals surface area contributed by atoms with Gasteiger partial charge in [-0.05, 0) is 32.0 Å². The maximum absolute atomic E-state index is 13.3. The number of rotatable bonds is 3. The molecule has 78 valence electrons. The Morgan fingerprint density at radius 1 is 1.50 bits per heavy atom. The van der Waals surface area contributed by atoms with Crippen LogP contribution in [0, 0.1) is 5.82 Å². The highest BCUT2D eigenvalue weighted by Gasteiger charge is 2.12. The molecule has 0 unspecified atom stereocenters. The molecule has 0 saturated carbocycles. The zero-order chi connectivity index (χ0) is 10.8. The first-order valence-corrected chi connectivity index (χ1v) is 5.09. The zero-order valence-electron chi connectivity index (χ0n) is 8.14. The van der Waals surface area contributed by atoms with Crippen molar-refractivity contribution < 1.29 is 9.50 Å². The lowest BCUT2D eigenvalue weighted by Gasteiger charge is -2.18. The second-order valence-electron chi connectivity index (χ2n) is 3.79. The maximum Gasteiger partial charge on any atom is 0.147 e. The van der Waals surface area contributed by atoms with E-state index in [2.05, 4.69) is 21.2 Å². The molecule has 0 aliphatic carbocycles. The van der Waals surface area contributed by atoms with E-state index in [-0.39, 0.29) is 5.82 Å². The third-order valence-electron chi connectivity index (χ3n) is 1.64. The Bertz CT molecular complexity index is 322. The van der Waals surface area contributed by atoms with Crippen molar-refractivity contribution in [1.82, 2.24) is 0 Å². The summed E-state index contributed by atoms with van der Waals surface area (Å²) in [6.07, 6.45) is 0. The van der Waals surface area contributed by atoms with Crippen molar-refractivity contribution in [2.24, 2.45) is 0 Å². The molecule has 2 N–H and O–H groups in total. The van der Waals surface area contributed by atoms with Gasteiger partial charge in [-0.3, -0.25) is 0 Å². The molecule has 0 aliphatic rings. The molecule has 0 aliphatic heterocycles. The first-order chi connectivity index (χ1) is 6.38. The van der Waals surface area contributed by atoms with Crippen LogP contribution in [-0.4, -0.2) is 17.3 Å². The maximum atomic E-state index is 13.3. The quantitative estimate of drug-likeness (QED) is 0.877. The lowest BCUT2D eigenvalue weighted by atomic mass is 10.1. The SMILES string of the molecule is CC(C)(O)CNc1ccc(Br)cc1F. The van der Waals surface area contributed by atoms with Crippen LogP contribution in [0.4, 0.5) is 10.1 Å². The molecule has 4 heteroatoms. The lowest BCUT2D eigenvalue weighted by Crippen LogP contribution is -2.29. The van der Waals surface area contributed by atoms with Crippen LogP contribution in [0.15, 0.2) is 22.7 Å². The van der Waals surface area contributed by atoms with E-state index in [1.54, 1.807) is 26.0 Å². The highest BCUT2D eigenvalue weighted by atomic mass is 79.9. The molecule has 0 spiro atoms. The van der Waals surface area contributed by atoms with Crippen molar-refractivity contribution >= 4 is 21.6 Å². The van der Waals surface area contributed by atoms with Crippen molar-refractivity contribution in [3.05, 3.63) is 28.5 Å². The molecule has 2 nitrogen and oxygen atoms in total. The van der Waals surface area contributed by atoms with Crippen LogP contribution in [0.1, 0.15) is 13.8 Å². The largest absolute Gasteiger partial charge is 0.389 e. The van der Waals surface area contributed by atoms with Crippen molar-refractivity contribution in [3.63, 3.8) is 0 Å². The van der Waals surface area contributed by atoms with Gasteiger partial charge in [0.25, 0.3) is 0 Å². The van der Waals surface area contributed by atoms with Gasteiger partial charge in [-0.25, -0.2) is 4.39 Å². The molecule has 1 rings (SSSR count). The minimum Gasteiger partial charge on any atom is -0.389 e. The summed E-state index contributed by atoms with van der Waals surface area (Å²) in [5.41, 5.74) is -0.449. The van der Waals surface area contributed by atoms with E-state index in [1.165, 1.54) is 6.07 Å².